The van der Waals surface area contributed by atoms with Crippen LogP contribution in [-0.4, -0.2) is 48.2 Å². The zero-order valence-corrected chi connectivity index (χ0v) is 12.5. The molecular weight excluding hydrogens is 300 g/mol. The maximum atomic E-state index is 5.99. The molecule has 1 fully saturated rings. The number of hydrogen-bond acceptors (Lipinski definition) is 8. The molecule has 10 heteroatoms. The van der Waals surface area contributed by atoms with Crippen LogP contribution in [0.4, 0.5) is 5.95 Å². The molecule has 0 aliphatic carbocycles. The lowest BCUT2D eigenvalue weighted by molar-refractivity contribution is 0.564. The first-order valence-corrected chi connectivity index (χ1v) is 7.48. The molecule has 0 radical (unpaired) electrons. The highest BCUT2D eigenvalue weighted by Gasteiger charge is 2.17. The smallest absolute Gasteiger partial charge is 0.230 e. The first-order valence-electron chi connectivity index (χ1n) is 6.29. The summed E-state index contributed by atoms with van der Waals surface area (Å²) in [5.41, 5.74) is 0. The molecule has 0 amide bonds. The van der Waals surface area contributed by atoms with Crippen molar-refractivity contribution in [2.45, 2.75) is 29.6 Å². The lowest BCUT2D eigenvalue weighted by atomic mass is 10.1. The van der Waals surface area contributed by atoms with Crippen molar-refractivity contribution in [3.63, 3.8) is 0 Å². The molecule has 20 heavy (non-hydrogen) atoms. The average molecular weight is 313 g/mol. The van der Waals surface area contributed by atoms with Crippen molar-refractivity contribution in [1.29, 1.82) is 0 Å². The van der Waals surface area contributed by atoms with Crippen molar-refractivity contribution >= 4 is 29.3 Å². The van der Waals surface area contributed by atoms with E-state index in [4.69, 9.17) is 11.6 Å². The molecule has 0 spiro atoms. The second-order valence-corrected chi connectivity index (χ2v) is 5.69. The fraction of sp³-hybridized carbons (Fsp3) is 0.600. The van der Waals surface area contributed by atoms with Gasteiger partial charge in [-0.2, -0.15) is 15.0 Å². The van der Waals surface area contributed by atoms with E-state index in [1.165, 1.54) is 18.2 Å². The largest absolute Gasteiger partial charge is 0.341 e. The molecule has 0 atom stereocenters. The van der Waals surface area contributed by atoms with Crippen LogP contribution in [0.15, 0.2) is 10.3 Å². The Morgan fingerprint density at radius 3 is 2.60 bits per heavy atom. The van der Waals surface area contributed by atoms with Gasteiger partial charge in [0.2, 0.25) is 21.5 Å². The number of rotatable bonds is 3. The Morgan fingerprint density at radius 1 is 1.10 bits per heavy atom. The molecule has 2 aromatic rings. The molecule has 0 bridgehead atoms. The molecule has 106 valence electrons. The van der Waals surface area contributed by atoms with E-state index in [-0.39, 0.29) is 5.28 Å². The maximum absolute atomic E-state index is 5.99. The minimum atomic E-state index is 0.193. The van der Waals surface area contributed by atoms with Crippen LogP contribution in [0.5, 0.6) is 0 Å². The Morgan fingerprint density at radius 2 is 1.90 bits per heavy atom. The lowest BCUT2D eigenvalue weighted by Gasteiger charge is -2.26. The fourth-order valence-electron chi connectivity index (χ4n) is 1.99. The van der Waals surface area contributed by atoms with Gasteiger partial charge in [0.25, 0.3) is 0 Å². The van der Waals surface area contributed by atoms with Crippen LogP contribution in [0.1, 0.15) is 19.3 Å². The summed E-state index contributed by atoms with van der Waals surface area (Å²) in [5.74, 6) is 0.627. The van der Waals surface area contributed by atoms with Gasteiger partial charge in [0.1, 0.15) is 0 Å². The van der Waals surface area contributed by atoms with Crippen molar-refractivity contribution in [2.75, 3.05) is 18.0 Å². The van der Waals surface area contributed by atoms with Crippen LogP contribution in [0, 0.1) is 0 Å². The summed E-state index contributed by atoms with van der Waals surface area (Å²) in [7, 11) is 1.76. The SMILES string of the molecule is Cn1nnnc1Sc1nc(Cl)nc(N2CCCCC2)n1. The molecular formula is C10H13ClN8S. The first kappa shape index (κ1) is 13.5. The fourth-order valence-corrected chi connectivity index (χ4v) is 2.87. The van der Waals surface area contributed by atoms with Gasteiger partial charge >= 0.3 is 0 Å². The lowest BCUT2D eigenvalue weighted by Crippen LogP contribution is -2.31. The normalized spacial score (nSPS) is 15.6. The van der Waals surface area contributed by atoms with E-state index in [0.29, 0.717) is 16.3 Å². The van der Waals surface area contributed by atoms with Gasteiger partial charge in [-0.3, -0.25) is 0 Å². The maximum Gasteiger partial charge on any atom is 0.230 e. The van der Waals surface area contributed by atoms with Gasteiger partial charge in [0.15, 0.2) is 0 Å². The number of aryl methyl sites for hydroxylation is 1. The summed E-state index contributed by atoms with van der Waals surface area (Å²) >= 11 is 7.26. The van der Waals surface area contributed by atoms with E-state index in [1.807, 2.05) is 0 Å². The topological polar surface area (TPSA) is 85.5 Å². The molecule has 1 saturated heterocycles. The first-order chi connectivity index (χ1) is 9.72. The molecule has 0 saturated carbocycles. The van der Waals surface area contributed by atoms with Crippen LogP contribution < -0.4 is 4.90 Å². The van der Waals surface area contributed by atoms with Crippen molar-refractivity contribution in [2.24, 2.45) is 7.05 Å². The highest BCUT2D eigenvalue weighted by atomic mass is 35.5. The molecule has 1 aliphatic heterocycles. The molecule has 3 heterocycles. The Hall–Kier alpha value is -1.48. The highest BCUT2D eigenvalue weighted by Crippen LogP contribution is 2.25. The number of aromatic nitrogens is 7. The van der Waals surface area contributed by atoms with Crippen LogP contribution >= 0.6 is 23.4 Å². The molecule has 0 aromatic carbocycles. The summed E-state index contributed by atoms with van der Waals surface area (Å²) in [5, 5.41) is 12.5. The quantitative estimate of drug-likeness (QED) is 0.835. The molecule has 0 unspecified atom stereocenters. The van der Waals surface area contributed by atoms with E-state index in [1.54, 1.807) is 11.7 Å². The number of nitrogens with zero attached hydrogens (tertiary/aromatic N) is 8. The van der Waals surface area contributed by atoms with E-state index in [2.05, 4.69) is 35.4 Å². The summed E-state index contributed by atoms with van der Waals surface area (Å²) in [4.78, 5) is 14.9. The van der Waals surface area contributed by atoms with E-state index < -0.39 is 0 Å². The second kappa shape index (κ2) is 5.88. The van der Waals surface area contributed by atoms with Crippen LogP contribution in [0.2, 0.25) is 5.28 Å². The predicted molar refractivity (Wildman–Crippen MR) is 73.8 cm³/mol. The number of halogens is 1. The third-order valence-corrected chi connectivity index (χ3v) is 4.04. The Bertz CT molecular complexity index is 597. The zero-order chi connectivity index (χ0) is 13.9. The second-order valence-electron chi connectivity index (χ2n) is 4.42. The van der Waals surface area contributed by atoms with Crippen molar-refractivity contribution < 1.29 is 0 Å². The van der Waals surface area contributed by atoms with Crippen LogP contribution in [0.3, 0.4) is 0 Å². The van der Waals surface area contributed by atoms with Gasteiger partial charge in [0, 0.05) is 20.1 Å². The van der Waals surface area contributed by atoms with Gasteiger partial charge < -0.3 is 4.90 Å². The molecule has 0 N–H and O–H groups in total. The number of anilines is 1. The number of tetrazole rings is 1. The molecule has 2 aromatic heterocycles. The van der Waals surface area contributed by atoms with Crippen LogP contribution in [0.25, 0.3) is 0 Å². The highest BCUT2D eigenvalue weighted by molar-refractivity contribution is 7.99. The monoisotopic (exact) mass is 312 g/mol. The molecule has 8 nitrogen and oxygen atoms in total. The van der Waals surface area contributed by atoms with Crippen molar-refractivity contribution in [3.8, 4) is 0 Å². The summed E-state index contributed by atoms with van der Waals surface area (Å²) < 4.78 is 1.56. The Balaban J connectivity index is 1.84. The zero-order valence-electron chi connectivity index (χ0n) is 10.9. The summed E-state index contributed by atoms with van der Waals surface area (Å²) in [6.45, 7) is 1.91. The van der Waals surface area contributed by atoms with E-state index >= 15 is 0 Å². The van der Waals surface area contributed by atoms with Gasteiger partial charge in [0.05, 0.1) is 0 Å². The predicted octanol–water partition coefficient (Wildman–Crippen LogP) is 1.19. The standard InChI is InChI=1S/C10H13ClN8S/c1-18-10(15-16-17-18)20-9-13-7(11)12-8(14-9)19-5-3-2-4-6-19/h2-6H2,1H3. The summed E-state index contributed by atoms with van der Waals surface area (Å²) in [6, 6.07) is 0. The van der Waals surface area contributed by atoms with Crippen LogP contribution in [-0.2, 0) is 7.05 Å². The Labute approximate surface area is 125 Å². The van der Waals surface area contributed by atoms with E-state index in [0.717, 1.165) is 25.9 Å². The minimum absolute atomic E-state index is 0.193. The van der Waals surface area contributed by atoms with Gasteiger partial charge in [-0.25, -0.2) is 4.68 Å². The number of piperidine rings is 1. The van der Waals surface area contributed by atoms with E-state index in [9.17, 15) is 0 Å². The van der Waals surface area contributed by atoms with Gasteiger partial charge in [-0.1, -0.05) is 0 Å². The van der Waals surface area contributed by atoms with Crippen molar-refractivity contribution in [1.82, 2.24) is 35.2 Å². The van der Waals surface area contributed by atoms with Crippen molar-refractivity contribution in [3.05, 3.63) is 5.28 Å². The average Bonchev–Trinajstić information content (AvgIpc) is 2.85. The summed E-state index contributed by atoms with van der Waals surface area (Å²) in [6.07, 6.45) is 3.56. The van der Waals surface area contributed by atoms with Gasteiger partial charge in [-0.15, -0.1) is 5.10 Å². The third-order valence-electron chi connectivity index (χ3n) is 2.98. The minimum Gasteiger partial charge on any atom is -0.341 e. The molecule has 3 rings (SSSR count). The third kappa shape index (κ3) is 2.98. The molecule has 1 aliphatic rings. The Kier molecular flexibility index (Phi) is 3.97. The van der Waals surface area contributed by atoms with Gasteiger partial charge in [-0.05, 0) is 53.1 Å². The number of hydrogen-bond donors (Lipinski definition) is 0.